The van der Waals surface area contributed by atoms with Crippen LogP contribution in [0.5, 0.6) is 0 Å². The maximum atomic E-state index is 12.0. The molecule has 1 N–H and O–H groups in total. The van der Waals surface area contributed by atoms with Crippen molar-refractivity contribution >= 4 is 6.08 Å². The first-order valence-corrected chi connectivity index (χ1v) is 11.0. The molecule has 0 radical (unpaired) electrons. The van der Waals surface area contributed by atoms with E-state index in [1.165, 1.54) is 11.1 Å². The number of benzene rings is 1. The van der Waals surface area contributed by atoms with Crippen molar-refractivity contribution in [3.8, 4) is 11.8 Å². The van der Waals surface area contributed by atoms with E-state index in [0.29, 0.717) is 18.4 Å². The molecule has 0 aliphatic heterocycles. The van der Waals surface area contributed by atoms with E-state index in [-0.39, 0.29) is 5.41 Å². The zero-order chi connectivity index (χ0) is 21.5. The third-order valence-electron chi connectivity index (χ3n) is 7.44. The van der Waals surface area contributed by atoms with Gasteiger partial charge in [0.15, 0.2) is 0 Å². The average Bonchev–Trinajstić information content (AvgIpc) is 3.35. The molecule has 0 amide bonds. The fourth-order valence-corrected chi connectivity index (χ4v) is 5.70. The Morgan fingerprint density at radius 2 is 2.06 bits per heavy atom. The summed E-state index contributed by atoms with van der Waals surface area (Å²) in [6.45, 7) is 2.18. The first-order valence-electron chi connectivity index (χ1n) is 11.0. The topological polar surface area (TPSA) is 74.7 Å². The predicted molar refractivity (Wildman–Crippen MR) is 119 cm³/mol. The van der Waals surface area contributed by atoms with Crippen LogP contribution < -0.4 is 0 Å². The van der Waals surface area contributed by atoms with Crippen LogP contribution in [0.3, 0.4) is 0 Å². The summed E-state index contributed by atoms with van der Waals surface area (Å²) >= 11 is 0. The zero-order valence-electron chi connectivity index (χ0n) is 17.8. The lowest BCUT2D eigenvalue weighted by Crippen LogP contribution is -2.47. The molecule has 2 aliphatic carbocycles. The minimum Gasteiger partial charge on any atom is -0.389 e. The van der Waals surface area contributed by atoms with Gasteiger partial charge in [-0.05, 0) is 73.9 Å². The van der Waals surface area contributed by atoms with Gasteiger partial charge in [0.1, 0.15) is 0 Å². The number of nitrogens with zero attached hydrogens (tertiary/aromatic N) is 4. The summed E-state index contributed by atoms with van der Waals surface area (Å²) < 4.78 is 1.95. The van der Waals surface area contributed by atoms with Gasteiger partial charge >= 0.3 is 0 Å². The van der Waals surface area contributed by atoms with Crippen LogP contribution in [0.1, 0.15) is 55.0 Å². The minimum atomic E-state index is -0.787. The van der Waals surface area contributed by atoms with Crippen molar-refractivity contribution in [2.24, 2.45) is 5.41 Å². The fourth-order valence-electron chi connectivity index (χ4n) is 5.70. The normalized spacial score (nSPS) is 24.2. The number of rotatable bonds is 5. The van der Waals surface area contributed by atoms with Gasteiger partial charge in [-0.15, -0.1) is 0 Å². The maximum Gasteiger partial charge on any atom is 0.0994 e. The molecule has 1 aromatic carbocycles. The molecule has 2 aliphatic rings. The van der Waals surface area contributed by atoms with E-state index in [2.05, 4.69) is 29.2 Å². The lowest BCUT2D eigenvalue weighted by molar-refractivity contribution is -0.0568. The quantitative estimate of drug-likeness (QED) is 0.665. The molecule has 5 heteroatoms. The lowest BCUT2D eigenvalue weighted by atomic mass is 9.63. The van der Waals surface area contributed by atoms with Crippen molar-refractivity contribution in [3.63, 3.8) is 0 Å². The monoisotopic (exact) mass is 410 g/mol. The van der Waals surface area contributed by atoms with Gasteiger partial charge in [0.05, 0.1) is 41.0 Å². The number of aromatic nitrogens is 3. The minimum absolute atomic E-state index is 0.273. The van der Waals surface area contributed by atoms with Crippen LogP contribution in [0.15, 0.2) is 60.6 Å². The highest BCUT2D eigenvalue weighted by atomic mass is 16.3. The number of nitriles is 1. The van der Waals surface area contributed by atoms with E-state index in [9.17, 15) is 10.4 Å². The highest BCUT2D eigenvalue weighted by molar-refractivity contribution is 5.62. The largest absolute Gasteiger partial charge is 0.389 e. The van der Waals surface area contributed by atoms with Crippen molar-refractivity contribution in [1.29, 1.82) is 5.26 Å². The van der Waals surface area contributed by atoms with Crippen LogP contribution in [0.4, 0.5) is 0 Å². The van der Waals surface area contributed by atoms with E-state index < -0.39 is 5.60 Å². The highest BCUT2D eigenvalue weighted by Crippen LogP contribution is 2.58. The lowest BCUT2D eigenvalue weighted by Gasteiger charge is -2.45. The second-order valence-corrected chi connectivity index (χ2v) is 8.76. The Labute approximate surface area is 182 Å². The van der Waals surface area contributed by atoms with Gasteiger partial charge < -0.3 is 5.11 Å². The van der Waals surface area contributed by atoms with Gasteiger partial charge in [-0.2, -0.15) is 10.4 Å². The Morgan fingerprint density at radius 3 is 2.84 bits per heavy atom. The maximum absolute atomic E-state index is 12.0. The van der Waals surface area contributed by atoms with Crippen LogP contribution in [0, 0.1) is 16.7 Å². The molecule has 1 fully saturated rings. The van der Waals surface area contributed by atoms with Gasteiger partial charge in [-0.3, -0.25) is 4.98 Å². The fraction of sp³-hybridized carbons (Fsp3) is 0.346. The predicted octanol–water partition coefficient (Wildman–Crippen LogP) is 4.63. The van der Waals surface area contributed by atoms with Gasteiger partial charge in [0.2, 0.25) is 0 Å². The van der Waals surface area contributed by atoms with Crippen molar-refractivity contribution in [1.82, 2.24) is 14.8 Å². The number of hydrogen-bond acceptors (Lipinski definition) is 4. The van der Waals surface area contributed by atoms with E-state index in [1.54, 1.807) is 6.20 Å². The van der Waals surface area contributed by atoms with E-state index >= 15 is 0 Å². The Kier molecular flexibility index (Phi) is 4.75. The van der Waals surface area contributed by atoms with Gasteiger partial charge in [-0.25, -0.2) is 4.68 Å². The number of hydrogen-bond donors (Lipinski definition) is 1. The number of aliphatic hydroxyl groups is 1. The van der Waals surface area contributed by atoms with Crippen LogP contribution in [-0.2, 0) is 12.8 Å². The molecule has 31 heavy (non-hydrogen) atoms. The molecule has 2 heterocycles. The van der Waals surface area contributed by atoms with Gasteiger partial charge in [0, 0.05) is 11.6 Å². The van der Waals surface area contributed by atoms with Crippen LogP contribution in [-0.4, -0.2) is 25.5 Å². The molecule has 2 aromatic heterocycles. The number of aryl methyl sites for hydroxylation is 1. The molecule has 156 valence electrons. The third-order valence-corrected chi connectivity index (χ3v) is 7.44. The zero-order valence-corrected chi connectivity index (χ0v) is 17.8. The first-order chi connectivity index (χ1) is 15.1. The summed E-state index contributed by atoms with van der Waals surface area (Å²) in [4.78, 5) is 4.23. The van der Waals surface area contributed by atoms with Crippen LogP contribution in [0.2, 0.25) is 0 Å². The molecule has 0 bridgehead atoms. The summed E-state index contributed by atoms with van der Waals surface area (Å²) in [7, 11) is 0. The third kappa shape index (κ3) is 3.02. The van der Waals surface area contributed by atoms with E-state index in [4.69, 9.17) is 0 Å². The summed E-state index contributed by atoms with van der Waals surface area (Å²) in [6, 6.07) is 13.9. The van der Waals surface area contributed by atoms with Crippen LogP contribution in [0.25, 0.3) is 11.8 Å². The Bertz CT molecular complexity index is 1190. The molecule has 2 atom stereocenters. The van der Waals surface area contributed by atoms with Crippen LogP contribution >= 0.6 is 0 Å². The molecule has 0 unspecified atom stereocenters. The smallest absolute Gasteiger partial charge is 0.0994 e. The Hall–Kier alpha value is -3.23. The Morgan fingerprint density at radius 1 is 1.19 bits per heavy atom. The average molecular weight is 411 g/mol. The molecule has 5 nitrogen and oxygen atoms in total. The summed E-state index contributed by atoms with van der Waals surface area (Å²) in [6.07, 6.45) is 12.5. The van der Waals surface area contributed by atoms with Gasteiger partial charge in [-0.1, -0.05) is 30.7 Å². The summed E-state index contributed by atoms with van der Waals surface area (Å²) in [5.74, 6) is 0. The van der Waals surface area contributed by atoms with Crippen molar-refractivity contribution in [2.45, 2.75) is 51.0 Å². The highest BCUT2D eigenvalue weighted by Gasteiger charge is 2.56. The SMILES string of the molecule is CC[C@]12Cc3cnn(-c4cccnc4)c3C=C1CC[C@@]2(O)CCc1ccccc1C#N. The molecular weight excluding hydrogens is 384 g/mol. The first kappa shape index (κ1) is 19.7. The molecule has 1 saturated carbocycles. The van der Waals surface area contributed by atoms with Crippen molar-refractivity contribution in [3.05, 3.63) is 82.9 Å². The second kappa shape index (κ2) is 7.47. The number of fused-ring (bicyclic) bond motifs is 2. The van der Waals surface area contributed by atoms with E-state index in [1.807, 2.05) is 53.5 Å². The molecule has 3 aromatic rings. The standard InChI is InChI=1S/C26H26N4O/c1-2-25-15-21-17-29-30(23-8-5-13-28-18-23)24(21)14-22(25)10-12-26(25,31)11-9-19-6-3-4-7-20(19)16-27/h3-8,13-14,17-18,31H,2,9-12,15H2,1H3/t25-,26-/m0/s1. The summed E-state index contributed by atoms with van der Waals surface area (Å²) in [5, 5.41) is 26.0. The molecule has 0 spiro atoms. The molecular formula is C26H26N4O. The number of pyridine rings is 1. The molecule has 0 saturated heterocycles. The van der Waals surface area contributed by atoms with Crippen molar-refractivity contribution < 1.29 is 5.11 Å². The Balaban J connectivity index is 1.48. The van der Waals surface area contributed by atoms with E-state index in [0.717, 1.165) is 42.6 Å². The van der Waals surface area contributed by atoms with Crippen molar-refractivity contribution in [2.75, 3.05) is 0 Å². The molecule has 5 rings (SSSR count). The summed E-state index contributed by atoms with van der Waals surface area (Å²) in [5.41, 5.74) is 5.21. The second-order valence-electron chi connectivity index (χ2n) is 8.76. The van der Waals surface area contributed by atoms with Gasteiger partial charge in [0.25, 0.3) is 0 Å².